The maximum Gasteiger partial charge on any atom is 0.242 e. The summed E-state index contributed by atoms with van der Waals surface area (Å²) < 4.78 is 25.7. The highest BCUT2D eigenvalue weighted by molar-refractivity contribution is 7.89. The maximum atomic E-state index is 11.7. The Morgan fingerprint density at radius 1 is 1.38 bits per heavy atom. The van der Waals surface area contributed by atoms with Crippen molar-refractivity contribution in [3.8, 4) is 0 Å². The lowest BCUT2D eigenvalue weighted by atomic mass is 10.2. The van der Waals surface area contributed by atoms with Gasteiger partial charge in [-0.05, 0) is 39.1 Å². The number of hydrogen-bond acceptors (Lipinski definition) is 5. The predicted molar refractivity (Wildman–Crippen MR) is 83.6 cm³/mol. The molecule has 0 radical (unpaired) electrons. The molecule has 1 rings (SSSR count). The summed E-state index contributed by atoms with van der Waals surface area (Å²) in [5.41, 5.74) is 6.59. The molecule has 0 fully saturated rings. The van der Waals surface area contributed by atoms with Crippen LogP contribution in [0.1, 0.15) is 13.8 Å². The zero-order valence-electron chi connectivity index (χ0n) is 12.7. The third-order valence-corrected chi connectivity index (χ3v) is 4.31. The van der Waals surface area contributed by atoms with Gasteiger partial charge in [0.25, 0.3) is 0 Å². The Kier molecular flexibility index (Phi) is 5.56. The topological polar surface area (TPSA) is 105 Å². The maximum absolute atomic E-state index is 11.7. The van der Waals surface area contributed by atoms with Gasteiger partial charge in [0.1, 0.15) is 4.90 Å². The second-order valence-corrected chi connectivity index (χ2v) is 6.86. The van der Waals surface area contributed by atoms with Crippen molar-refractivity contribution in [3.63, 3.8) is 0 Å². The number of sulfonamides is 1. The van der Waals surface area contributed by atoms with Gasteiger partial charge >= 0.3 is 0 Å². The van der Waals surface area contributed by atoms with Gasteiger partial charge in [-0.1, -0.05) is 0 Å². The van der Waals surface area contributed by atoms with Crippen molar-refractivity contribution in [2.45, 2.75) is 24.8 Å². The largest absolute Gasteiger partial charge is 0.398 e. The highest BCUT2D eigenvalue weighted by Gasteiger charge is 2.16. The number of nitrogens with one attached hydrogen (secondary N) is 2. The molecule has 1 aromatic carbocycles. The number of hydrogen-bond donors (Lipinski definition) is 3. The number of rotatable bonds is 6. The van der Waals surface area contributed by atoms with Crippen LogP contribution in [0.4, 0.5) is 11.4 Å². The second-order valence-electron chi connectivity index (χ2n) is 5.01. The van der Waals surface area contributed by atoms with Crippen LogP contribution in [0.25, 0.3) is 0 Å². The Hall–Kier alpha value is -1.80. The normalized spacial score (nSPS) is 11.5. The Morgan fingerprint density at radius 2 is 2.00 bits per heavy atom. The summed E-state index contributed by atoms with van der Waals surface area (Å²) in [7, 11) is -0.522. The van der Waals surface area contributed by atoms with E-state index >= 15 is 0 Å². The third kappa shape index (κ3) is 4.61. The average Bonchev–Trinajstić information content (AvgIpc) is 2.37. The van der Waals surface area contributed by atoms with Crippen LogP contribution in [0.3, 0.4) is 0 Å². The van der Waals surface area contributed by atoms with E-state index in [1.54, 1.807) is 18.0 Å². The van der Waals surface area contributed by atoms with Crippen LogP contribution < -0.4 is 20.7 Å². The molecule has 0 bridgehead atoms. The fraction of sp³-hybridized carbons (Fsp3) is 0.462. The summed E-state index contributed by atoms with van der Waals surface area (Å²) >= 11 is 0. The molecular formula is C13H22N4O3S. The van der Waals surface area contributed by atoms with Gasteiger partial charge < -0.3 is 16.0 Å². The first-order valence-corrected chi connectivity index (χ1v) is 7.99. The number of anilines is 2. The lowest BCUT2D eigenvalue weighted by Crippen LogP contribution is -2.38. The molecule has 0 unspecified atom stereocenters. The number of amides is 1. The van der Waals surface area contributed by atoms with Gasteiger partial charge in [0.15, 0.2) is 0 Å². The molecular weight excluding hydrogens is 292 g/mol. The van der Waals surface area contributed by atoms with Crippen LogP contribution in [-0.4, -0.2) is 41.0 Å². The second kappa shape index (κ2) is 6.77. The average molecular weight is 314 g/mol. The number of nitrogen functional groups attached to an aromatic ring is 1. The van der Waals surface area contributed by atoms with Crippen molar-refractivity contribution >= 4 is 27.3 Å². The monoisotopic (exact) mass is 314 g/mol. The number of likely N-dealkylation sites (N-methyl/N-ethyl adjacent to an activating group) is 1. The minimum Gasteiger partial charge on any atom is -0.398 e. The smallest absolute Gasteiger partial charge is 0.242 e. The van der Waals surface area contributed by atoms with E-state index in [2.05, 4.69) is 10.0 Å². The molecule has 0 aromatic heterocycles. The van der Waals surface area contributed by atoms with Crippen molar-refractivity contribution in [3.05, 3.63) is 18.2 Å². The fourth-order valence-corrected chi connectivity index (χ4v) is 2.64. The summed E-state index contributed by atoms with van der Waals surface area (Å²) in [5, 5.41) is 2.79. The van der Waals surface area contributed by atoms with Crippen molar-refractivity contribution < 1.29 is 13.2 Å². The van der Waals surface area contributed by atoms with Crippen LogP contribution in [0.5, 0.6) is 0 Å². The fourth-order valence-electron chi connectivity index (χ4n) is 1.80. The van der Waals surface area contributed by atoms with Crippen LogP contribution in [0.2, 0.25) is 0 Å². The molecule has 0 saturated carbocycles. The van der Waals surface area contributed by atoms with Crippen LogP contribution in [0.15, 0.2) is 23.1 Å². The lowest BCUT2D eigenvalue weighted by Gasteiger charge is -2.20. The van der Waals surface area contributed by atoms with Crippen molar-refractivity contribution in [2.24, 2.45) is 0 Å². The lowest BCUT2D eigenvalue weighted by molar-refractivity contribution is -0.120. The molecule has 1 aromatic rings. The summed E-state index contributed by atoms with van der Waals surface area (Å²) in [6.45, 7) is 3.93. The molecule has 0 aliphatic heterocycles. The minimum atomic E-state index is -3.58. The van der Waals surface area contributed by atoms with Gasteiger partial charge in [-0.2, -0.15) is 0 Å². The number of carbonyl (C=O) groups is 1. The third-order valence-electron chi connectivity index (χ3n) is 2.82. The quantitative estimate of drug-likeness (QED) is 0.648. The van der Waals surface area contributed by atoms with Crippen LogP contribution >= 0.6 is 0 Å². The molecule has 0 atom stereocenters. The van der Waals surface area contributed by atoms with Gasteiger partial charge in [-0.15, -0.1) is 0 Å². The summed E-state index contributed by atoms with van der Waals surface area (Å²) in [5.74, 6) is -0.113. The molecule has 0 saturated heterocycles. The molecule has 21 heavy (non-hydrogen) atoms. The number of nitrogens with zero attached hydrogens (tertiary/aromatic N) is 1. The molecule has 0 aliphatic rings. The molecule has 0 heterocycles. The highest BCUT2D eigenvalue weighted by atomic mass is 32.2. The van der Waals surface area contributed by atoms with Gasteiger partial charge in [-0.3, -0.25) is 4.79 Å². The Labute approximate surface area is 125 Å². The van der Waals surface area contributed by atoms with Crippen LogP contribution in [0, 0.1) is 0 Å². The van der Waals surface area contributed by atoms with Crippen LogP contribution in [-0.2, 0) is 14.8 Å². The first-order chi connectivity index (χ1) is 9.67. The van der Waals surface area contributed by atoms with E-state index in [-0.39, 0.29) is 29.1 Å². The number of carbonyl (C=O) groups excluding carboxylic acids is 1. The Bertz CT molecular complexity index is 614. The van der Waals surface area contributed by atoms with Crippen molar-refractivity contribution in [1.82, 2.24) is 10.0 Å². The van der Waals surface area contributed by atoms with Crippen molar-refractivity contribution in [2.75, 3.05) is 31.3 Å². The summed E-state index contributed by atoms with van der Waals surface area (Å²) in [6, 6.07) is 4.64. The molecule has 0 aliphatic carbocycles. The summed E-state index contributed by atoms with van der Waals surface area (Å²) in [4.78, 5) is 13.4. The standard InChI is InChI=1S/C13H22N4O3S/c1-9(2)16-13(18)8-17(4)10-5-6-12(11(14)7-10)21(19,20)15-3/h5-7,9,15H,8,14H2,1-4H3,(H,16,18). The van der Waals surface area contributed by atoms with E-state index in [1.165, 1.54) is 19.2 Å². The molecule has 4 N–H and O–H groups in total. The van der Waals surface area contributed by atoms with E-state index in [1.807, 2.05) is 13.8 Å². The molecule has 1 amide bonds. The zero-order valence-corrected chi connectivity index (χ0v) is 13.5. The van der Waals surface area contributed by atoms with Crippen molar-refractivity contribution in [1.29, 1.82) is 0 Å². The van der Waals surface area contributed by atoms with E-state index in [0.29, 0.717) is 5.69 Å². The van der Waals surface area contributed by atoms with Gasteiger partial charge in [0, 0.05) is 18.8 Å². The van der Waals surface area contributed by atoms with E-state index in [4.69, 9.17) is 5.73 Å². The van der Waals surface area contributed by atoms with E-state index < -0.39 is 10.0 Å². The number of nitrogens with two attached hydrogens (primary N) is 1. The van der Waals surface area contributed by atoms with Gasteiger partial charge in [0.05, 0.1) is 12.2 Å². The predicted octanol–water partition coefficient (Wildman–Crippen LogP) is 0.138. The van der Waals surface area contributed by atoms with Gasteiger partial charge in [0.2, 0.25) is 15.9 Å². The highest BCUT2D eigenvalue weighted by Crippen LogP contribution is 2.24. The molecule has 118 valence electrons. The Morgan fingerprint density at radius 3 is 2.48 bits per heavy atom. The zero-order chi connectivity index (χ0) is 16.2. The number of benzene rings is 1. The molecule has 7 nitrogen and oxygen atoms in total. The minimum absolute atomic E-state index is 0.0220. The molecule has 0 spiro atoms. The van der Waals surface area contributed by atoms with Gasteiger partial charge in [-0.25, -0.2) is 13.1 Å². The Balaban J connectivity index is 2.91. The van der Waals surface area contributed by atoms with E-state index in [0.717, 1.165) is 0 Å². The van der Waals surface area contributed by atoms with E-state index in [9.17, 15) is 13.2 Å². The first kappa shape index (κ1) is 17.3. The first-order valence-electron chi connectivity index (χ1n) is 6.51. The molecule has 8 heteroatoms. The SMILES string of the molecule is CNS(=O)(=O)c1ccc(N(C)CC(=O)NC(C)C)cc1N. The summed E-state index contributed by atoms with van der Waals surface area (Å²) in [6.07, 6.45) is 0.